The predicted octanol–water partition coefficient (Wildman–Crippen LogP) is 4.50. The summed E-state index contributed by atoms with van der Waals surface area (Å²) >= 11 is 13.4. The monoisotopic (exact) mass is 605 g/mol. The van der Waals surface area contributed by atoms with Crippen LogP contribution in [0.4, 0.5) is 0 Å². The zero-order valence-corrected chi connectivity index (χ0v) is 25.6. The van der Waals surface area contributed by atoms with E-state index in [0.29, 0.717) is 67.1 Å². The lowest BCUT2D eigenvalue weighted by Crippen LogP contribution is -2.62. The smallest absolute Gasteiger partial charge is 0.307 e. The fraction of sp³-hybridized carbons (Fsp3) is 0.467. The molecule has 11 heteroatoms. The van der Waals surface area contributed by atoms with Gasteiger partial charge in [0.1, 0.15) is 11.4 Å². The maximum Gasteiger partial charge on any atom is 0.307 e. The zero-order chi connectivity index (χ0) is 30.3. The first-order valence-corrected chi connectivity index (χ1v) is 14.3. The first kappa shape index (κ1) is 32.7. The number of carbonyl (C=O) groups is 2. The van der Waals surface area contributed by atoms with E-state index >= 15 is 0 Å². The Kier molecular flexibility index (Phi) is 11.5. The Morgan fingerprint density at radius 3 is 2.63 bits per heavy atom. The topological polar surface area (TPSA) is 97.4 Å². The molecule has 0 aliphatic carbocycles. The number of likely N-dealkylation sites (tertiary alicyclic amines) is 1. The highest BCUT2D eigenvalue weighted by Gasteiger charge is 2.37. The number of amides is 1. The van der Waals surface area contributed by atoms with Crippen LogP contribution in [0.5, 0.6) is 5.75 Å². The summed E-state index contributed by atoms with van der Waals surface area (Å²) in [6.07, 6.45) is 7.17. The largest absolute Gasteiger partial charge is 0.496 e. The van der Waals surface area contributed by atoms with Crippen LogP contribution in [-0.4, -0.2) is 77.4 Å². The first-order chi connectivity index (χ1) is 19.4. The van der Waals surface area contributed by atoms with Crippen molar-refractivity contribution >= 4 is 35.1 Å². The molecule has 0 spiro atoms. The fourth-order valence-electron chi connectivity index (χ4n) is 5.10. The standard InChI is InChI=1S/C30H41Cl2N5O4/c1-7-8-9-20(2)37(35(5)30(4,21(3)31)33-16-25-10-11-28(38)34-25)19-23-15-27(41-6)24(14-26(23)32)18-36-13-12-22(17-36)29(39)40/h7-9,14-15,22,25,33H,1-3,10-13,16-19H2,4-6H3,(H,34,38)(H,39,40)/b9-8-/t22-,25+,30?/m1/s1. The Hall–Kier alpha value is -2.82. The van der Waals surface area contributed by atoms with Gasteiger partial charge in [-0.2, -0.15) is 5.01 Å². The summed E-state index contributed by atoms with van der Waals surface area (Å²) in [5.41, 5.74) is 1.43. The van der Waals surface area contributed by atoms with Gasteiger partial charge in [0.15, 0.2) is 0 Å². The number of carboxylic acid groups (broad SMARTS) is 1. The van der Waals surface area contributed by atoms with E-state index in [4.69, 9.17) is 27.9 Å². The third-order valence-corrected chi connectivity index (χ3v) is 8.58. The van der Waals surface area contributed by atoms with Gasteiger partial charge < -0.3 is 20.2 Å². The van der Waals surface area contributed by atoms with Crippen LogP contribution in [0, 0.1) is 5.92 Å². The molecule has 0 radical (unpaired) electrons. The van der Waals surface area contributed by atoms with Crippen LogP contribution in [-0.2, 0) is 22.7 Å². The molecule has 1 amide bonds. The van der Waals surface area contributed by atoms with E-state index < -0.39 is 11.6 Å². The highest BCUT2D eigenvalue weighted by atomic mass is 35.5. The molecule has 2 saturated heterocycles. The summed E-state index contributed by atoms with van der Waals surface area (Å²) in [7, 11) is 3.49. The average Bonchev–Trinajstić information content (AvgIpc) is 3.58. The molecule has 1 aromatic rings. The maximum atomic E-state index is 11.7. The number of rotatable bonds is 15. The van der Waals surface area contributed by atoms with Crippen molar-refractivity contribution in [3.8, 4) is 5.75 Å². The number of carboxylic acids is 1. The molecule has 0 aromatic heterocycles. The van der Waals surface area contributed by atoms with Crippen LogP contribution >= 0.6 is 23.2 Å². The molecule has 2 aliphatic rings. The second-order valence-electron chi connectivity index (χ2n) is 10.6. The maximum absolute atomic E-state index is 11.7. The number of ether oxygens (including phenoxy) is 1. The van der Waals surface area contributed by atoms with Crippen LogP contribution in [0.1, 0.15) is 37.3 Å². The second-order valence-corrected chi connectivity index (χ2v) is 11.5. The van der Waals surface area contributed by atoms with Gasteiger partial charge in [-0.3, -0.25) is 19.8 Å². The molecule has 2 aliphatic heterocycles. The minimum atomic E-state index is -0.910. The second kappa shape index (κ2) is 14.4. The van der Waals surface area contributed by atoms with Gasteiger partial charge >= 0.3 is 5.97 Å². The van der Waals surface area contributed by atoms with E-state index in [1.54, 1.807) is 19.3 Å². The average molecular weight is 607 g/mol. The number of hydrogen-bond donors (Lipinski definition) is 3. The summed E-state index contributed by atoms with van der Waals surface area (Å²) in [6, 6.07) is 3.78. The predicted molar refractivity (Wildman–Crippen MR) is 163 cm³/mol. The molecule has 1 aromatic carbocycles. The minimum absolute atomic E-state index is 0.00353. The van der Waals surface area contributed by atoms with E-state index in [2.05, 4.69) is 35.3 Å². The fourth-order valence-corrected chi connectivity index (χ4v) is 5.53. The number of nitrogens with zero attached hydrogens (tertiary/aromatic N) is 3. The SMILES string of the molecule is C=C/C=C\C(=C)N(Cc1cc(OC)c(CN2CC[C@@H](C(=O)O)C2)cc1Cl)N(C)C(C)(NC[C@@H]1CCC(=O)N1)C(=C)Cl. The summed E-state index contributed by atoms with van der Waals surface area (Å²) in [6.45, 7) is 16.6. The van der Waals surface area contributed by atoms with Gasteiger partial charge in [-0.05, 0) is 50.1 Å². The number of halogens is 2. The minimum Gasteiger partial charge on any atom is -0.496 e. The van der Waals surface area contributed by atoms with Gasteiger partial charge in [0.05, 0.1) is 19.6 Å². The molecular weight excluding hydrogens is 565 g/mol. The summed E-state index contributed by atoms with van der Waals surface area (Å²) in [5, 5.41) is 20.6. The Morgan fingerprint density at radius 1 is 1.34 bits per heavy atom. The zero-order valence-electron chi connectivity index (χ0n) is 24.1. The summed E-state index contributed by atoms with van der Waals surface area (Å²) in [4.78, 5) is 25.2. The van der Waals surface area contributed by atoms with Gasteiger partial charge in [-0.15, -0.1) is 0 Å². The third kappa shape index (κ3) is 8.14. The lowest BCUT2D eigenvalue weighted by atomic mass is 10.1. The van der Waals surface area contributed by atoms with Gasteiger partial charge in [-0.25, -0.2) is 0 Å². The summed E-state index contributed by atoms with van der Waals surface area (Å²) < 4.78 is 5.74. The van der Waals surface area contributed by atoms with E-state index in [9.17, 15) is 14.7 Å². The van der Waals surface area contributed by atoms with Crippen molar-refractivity contribution in [2.45, 2.75) is 51.0 Å². The van der Waals surface area contributed by atoms with E-state index in [1.807, 2.05) is 42.2 Å². The first-order valence-electron chi connectivity index (χ1n) is 13.6. The van der Waals surface area contributed by atoms with E-state index in [1.165, 1.54) is 0 Å². The van der Waals surface area contributed by atoms with Crippen molar-refractivity contribution in [2.75, 3.05) is 33.8 Å². The van der Waals surface area contributed by atoms with Crippen molar-refractivity contribution in [3.63, 3.8) is 0 Å². The van der Waals surface area contributed by atoms with Crippen molar-refractivity contribution in [2.24, 2.45) is 5.92 Å². The quantitative estimate of drug-likeness (QED) is 0.153. The van der Waals surface area contributed by atoms with Crippen LogP contribution in [0.2, 0.25) is 5.02 Å². The molecule has 1 unspecified atom stereocenters. The van der Waals surface area contributed by atoms with Crippen LogP contribution in [0.3, 0.4) is 0 Å². The lowest BCUT2D eigenvalue weighted by Gasteiger charge is -2.47. The van der Waals surface area contributed by atoms with Gasteiger partial charge in [-0.1, -0.05) is 55.1 Å². The third-order valence-electron chi connectivity index (χ3n) is 7.86. The molecule has 9 nitrogen and oxygen atoms in total. The van der Waals surface area contributed by atoms with E-state index in [0.717, 1.165) is 17.5 Å². The summed E-state index contributed by atoms with van der Waals surface area (Å²) in [5.74, 6) is -0.423. The molecule has 2 fully saturated rings. The van der Waals surface area contributed by atoms with Gasteiger partial charge in [0, 0.05) is 60.5 Å². The Bertz CT molecular complexity index is 1210. The molecule has 0 saturated carbocycles. The molecule has 2 heterocycles. The normalized spacial score (nSPS) is 20.7. The molecule has 3 atom stereocenters. The Morgan fingerprint density at radius 2 is 2.07 bits per heavy atom. The number of nitrogens with one attached hydrogen (secondary N) is 2. The van der Waals surface area contributed by atoms with Gasteiger partial charge in [0.2, 0.25) is 5.91 Å². The highest BCUT2D eigenvalue weighted by Crippen LogP contribution is 2.33. The number of allylic oxidation sites excluding steroid dienone is 3. The molecule has 224 valence electrons. The molecule has 0 bridgehead atoms. The lowest BCUT2D eigenvalue weighted by molar-refractivity contribution is -0.141. The van der Waals surface area contributed by atoms with E-state index in [-0.39, 0.29) is 17.9 Å². The van der Waals surface area contributed by atoms with Crippen molar-refractivity contribution in [3.05, 3.63) is 77.0 Å². The number of hydrazine groups is 1. The number of hydrogen-bond acceptors (Lipinski definition) is 7. The molecular formula is C30H41Cl2N5O4. The highest BCUT2D eigenvalue weighted by molar-refractivity contribution is 6.31. The van der Waals surface area contributed by atoms with Crippen LogP contribution in [0.15, 0.2) is 60.8 Å². The molecule has 3 rings (SSSR count). The number of benzene rings is 1. The molecule has 3 N–H and O–H groups in total. The Labute approximate surface area is 253 Å². The molecule has 41 heavy (non-hydrogen) atoms. The Balaban J connectivity index is 1.87. The van der Waals surface area contributed by atoms with Gasteiger partial charge in [0.25, 0.3) is 0 Å². The van der Waals surface area contributed by atoms with Crippen LogP contribution in [0.25, 0.3) is 0 Å². The number of methoxy groups -OCH3 is 1. The van der Waals surface area contributed by atoms with Crippen molar-refractivity contribution in [1.82, 2.24) is 25.6 Å². The van der Waals surface area contributed by atoms with Crippen molar-refractivity contribution < 1.29 is 19.4 Å². The number of aliphatic carboxylic acids is 1. The number of carbonyl (C=O) groups excluding carboxylic acids is 1. The van der Waals surface area contributed by atoms with Crippen LogP contribution < -0.4 is 15.4 Å². The van der Waals surface area contributed by atoms with Crippen molar-refractivity contribution in [1.29, 1.82) is 0 Å². The number of likely N-dealkylation sites (N-methyl/N-ethyl adjacent to an activating group) is 1.